The van der Waals surface area contributed by atoms with Gasteiger partial charge >= 0.3 is 0 Å². The number of ether oxygens (including phenoxy) is 1. The van der Waals surface area contributed by atoms with Gasteiger partial charge in [-0.15, -0.1) is 0 Å². The molecule has 5 heteroatoms. The first-order chi connectivity index (χ1) is 9.70. The molecule has 0 aliphatic carbocycles. The van der Waals surface area contributed by atoms with Crippen LogP contribution in [0.4, 0.5) is 0 Å². The topological polar surface area (TPSA) is 57.4 Å². The second kappa shape index (κ2) is 5.17. The molecular weight excluding hydrogens is 254 g/mol. The zero-order valence-corrected chi connectivity index (χ0v) is 11.8. The maximum absolute atomic E-state index is 12.7. The van der Waals surface area contributed by atoms with Crippen molar-refractivity contribution in [3.63, 3.8) is 0 Å². The number of hydrogen-bond acceptors (Lipinski definition) is 3. The summed E-state index contributed by atoms with van der Waals surface area (Å²) in [6.45, 7) is 5.18. The highest BCUT2D eigenvalue weighted by Gasteiger charge is 2.23. The van der Waals surface area contributed by atoms with E-state index in [0.29, 0.717) is 0 Å². The lowest BCUT2D eigenvalue weighted by Gasteiger charge is -2.27. The Bertz CT molecular complexity index is 642. The first kappa shape index (κ1) is 13.0. The van der Waals surface area contributed by atoms with Crippen molar-refractivity contribution in [1.29, 1.82) is 0 Å². The van der Waals surface area contributed by atoms with Crippen LogP contribution in [0, 0.1) is 6.92 Å². The quantitative estimate of drug-likeness (QED) is 0.872. The van der Waals surface area contributed by atoms with E-state index in [1.807, 2.05) is 30.0 Å². The van der Waals surface area contributed by atoms with Gasteiger partial charge in [0, 0.05) is 42.8 Å². The van der Waals surface area contributed by atoms with E-state index in [-0.39, 0.29) is 5.91 Å². The van der Waals surface area contributed by atoms with E-state index in [1.54, 1.807) is 7.11 Å². The van der Waals surface area contributed by atoms with Crippen molar-refractivity contribution in [3.05, 3.63) is 29.5 Å². The van der Waals surface area contributed by atoms with Gasteiger partial charge in [0.15, 0.2) is 0 Å². The summed E-state index contributed by atoms with van der Waals surface area (Å²) in [6, 6.07) is 5.78. The Kier molecular flexibility index (Phi) is 3.36. The van der Waals surface area contributed by atoms with Crippen LogP contribution in [0.2, 0.25) is 0 Å². The van der Waals surface area contributed by atoms with Crippen molar-refractivity contribution in [3.8, 4) is 5.75 Å². The van der Waals surface area contributed by atoms with Gasteiger partial charge in [0.2, 0.25) is 0 Å². The lowest BCUT2D eigenvalue weighted by molar-refractivity contribution is 0.0737. The van der Waals surface area contributed by atoms with Crippen LogP contribution in [0.3, 0.4) is 0 Å². The van der Waals surface area contributed by atoms with Gasteiger partial charge in [0.1, 0.15) is 5.75 Å². The number of carbonyl (C=O) groups is 1. The molecule has 5 nitrogen and oxygen atoms in total. The van der Waals surface area contributed by atoms with Crippen molar-refractivity contribution in [2.24, 2.45) is 0 Å². The van der Waals surface area contributed by atoms with E-state index in [0.717, 1.165) is 54.1 Å². The van der Waals surface area contributed by atoms with Crippen LogP contribution < -0.4 is 10.1 Å². The summed E-state index contributed by atoms with van der Waals surface area (Å²) in [5, 5.41) is 4.20. The number of amides is 1. The average molecular weight is 273 g/mol. The summed E-state index contributed by atoms with van der Waals surface area (Å²) in [5.41, 5.74) is 2.65. The summed E-state index contributed by atoms with van der Waals surface area (Å²) < 4.78 is 5.26. The second-order valence-electron chi connectivity index (χ2n) is 5.08. The van der Waals surface area contributed by atoms with Gasteiger partial charge in [-0.2, -0.15) is 0 Å². The minimum atomic E-state index is 0.100. The van der Waals surface area contributed by atoms with E-state index in [2.05, 4.69) is 10.3 Å². The Morgan fingerprint density at radius 3 is 2.75 bits per heavy atom. The highest BCUT2D eigenvalue weighted by molar-refractivity contribution is 6.08. The van der Waals surface area contributed by atoms with Crippen LogP contribution in [-0.4, -0.2) is 49.1 Å². The molecule has 1 amide bonds. The van der Waals surface area contributed by atoms with Crippen molar-refractivity contribution >= 4 is 16.8 Å². The van der Waals surface area contributed by atoms with Crippen LogP contribution in [0.5, 0.6) is 5.75 Å². The number of fused-ring (bicyclic) bond motifs is 1. The van der Waals surface area contributed by atoms with E-state index in [1.165, 1.54) is 0 Å². The molecule has 1 aromatic carbocycles. The van der Waals surface area contributed by atoms with Crippen LogP contribution in [0.1, 0.15) is 16.1 Å². The van der Waals surface area contributed by atoms with E-state index < -0.39 is 0 Å². The molecular formula is C15H19N3O2. The fraction of sp³-hybridized carbons (Fsp3) is 0.400. The van der Waals surface area contributed by atoms with Gasteiger partial charge in [-0.05, 0) is 25.1 Å². The number of nitrogens with zero attached hydrogens (tertiary/aromatic N) is 1. The minimum absolute atomic E-state index is 0.100. The molecule has 2 N–H and O–H groups in total. The molecule has 20 heavy (non-hydrogen) atoms. The monoisotopic (exact) mass is 273 g/mol. The summed E-state index contributed by atoms with van der Waals surface area (Å²) in [4.78, 5) is 17.9. The molecule has 3 rings (SSSR count). The number of rotatable bonds is 2. The number of aryl methyl sites for hydroxylation is 1. The normalized spacial score (nSPS) is 15.6. The summed E-state index contributed by atoms with van der Waals surface area (Å²) in [7, 11) is 1.64. The maximum atomic E-state index is 12.7. The Balaban J connectivity index is 2.04. The van der Waals surface area contributed by atoms with Gasteiger partial charge in [-0.3, -0.25) is 4.79 Å². The van der Waals surface area contributed by atoms with Gasteiger partial charge in [-0.25, -0.2) is 0 Å². The third-order valence-corrected chi connectivity index (χ3v) is 3.81. The predicted molar refractivity (Wildman–Crippen MR) is 78.4 cm³/mol. The molecule has 0 radical (unpaired) electrons. The van der Waals surface area contributed by atoms with Crippen LogP contribution in [0.15, 0.2) is 18.2 Å². The molecule has 1 saturated heterocycles. The van der Waals surface area contributed by atoms with Gasteiger partial charge in [0.25, 0.3) is 5.91 Å². The zero-order chi connectivity index (χ0) is 14.1. The Morgan fingerprint density at radius 1 is 1.30 bits per heavy atom. The average Bonchev–Trinajstić information content (AvgIpc) is 2.82. The van der Waals surface area contributed by atoms with Gasteiger partial charge in [0.05, 0.1) is 12.7 Å². The number of hydrogen-bond donors (Lipinski definition) is 2. The Labute approximate surface area is 117 Å². The van der Waals surface area contributed by atoms with Crippen LogP contribution >= 0.6 is 0 Å². The highest BCUT2D eigenvalue weighted by Crippen LogP contribution is 2.27. The SMILES string of the molecule is COc1ccc2[nH]c(C)c(C(=O)N3CCNCC3)c2c1. The Morgan fingerprint density at radius 2 is 2.05 bits per heavy atom. The van der Waals surface area contributed by atoms with Gasteiger partial charge in [-0.1, -0.05) is 0 Å². The number of H-pyrrole nitrogens is 1. The van der Waals surface area contributed by atoms with Crippen LogP contribution in [0.25, 0.3) is 10.9 Å². The van der Waals surface area contributed by atoms with Crippen molar-refractivity contribution in [1.82, 2.24) is 15.2 Å². The molecule has 0 unspecified atom stereocenters. The fourth-order valence-electron chi connectivity index (χ4n) is 2.73. The molecule has 0 atom stereocenters. The third-order valence-electron chi connectivity index (χ3n) is 3.81. The molecule has 1 aliphatic heterocycles. The first-order valence-electron chi connectivity index (χ1n) is 6.87. The summed E-state index contributed by atoms with van der Waals surface area (Å²) in [6.07, 6.45) is 0. The smallest absolute Gasteiger partial charge is 0.256 e. The molecule has 0 saturated carbocycles. The molecule has 1 aliphatic rings. The third kappa shape index (κ3) is 2.14. The van der Waals surface area contributed by atoms with E-state index in [4.69, 9.17) is 4.74 Å². The molecule has 0 spiro atoms. The number of methoxy groups -OCH3 is 1. The number of benzene rings is 1. The predicted octanol–water partition coefficient (Wildman–Crippen LogP) is 1.53. The highest BCUT2D eigenvalue weighted by atomic mass is 16.5. The number of aromatic nitrogens is 1. The molecule has 1 fully saturated rings. The van der Waals surface area contributed by atoms with Crippen molar-refractivity contribution in [2.45, 2.75) is 6.92 Å². The number of aromatic amines is 1. The largest absolute Gasteiger partial charge is 0.497 e. The number of nitrogens with one attached hydrogen (secondary N) is 2. The molecule has 2 aromatic rings. The van der Waals surface area contributed by atoms with E-state index in [9.17, 15) is 4.79 Å². The maximum Gasteiger partial charge on any atom is 0.256 e. The van der Waals surface area contributed by atoms with Crippen molar-refractivity contribution in [2.75, 3.05) is 33.3 Å². The second-order valence-corrected chi connectivity index (χ2v) is 5.08. The van der Waals surface area contributed by atoms with Crippen LogP contribution in [-0.2, 0) is 0 Å². The Hall–Kier alpha value is -2.01. The minimum Gasteiger partial charge on any atom is -0.497 e. The molecule has 0 bridgehead atoms. The summed E-state index contributed by atoms with van der Waals surface area (Å²) >= 11 is 0. The number of carbonyl (C=O) groups excluding carboxylic acids is 1. The fourth-order valence-corrected chi connectivity index (χ4v) is 2.73. The first-order valence-corrected chi connectivity index (χ1v) is 6.87. The number of piperazine rings is 1. The van der Waals surface area contributed by atoms with Crippen molar-refractivity contribution < 1.29 is 9.53 Å². The summed E-state index contributed by atoms with van der Waals surface area (Å²) in [5.74, 6) is 0.870. The van der Waals surface area contributed by atoms with Gasteiger partial charge < -0.3 is 19.9 Å². The lowest BCUT2D eigenvalue weighted by Crippen LogP contribution is -2.46. The lowest BCUT2D eigenvalue weighted by atomic mass is 10.1. The molecule has 106 valence electrons. The molecule has 1 aromatic heterocycles. The molecule has 2 heterocycles. The zero-order valence-electron chi connectivity index (χ0n) is 11.8. The standard InChI is InChI=1S/C15H19N3O2/c1-10-14(15(19)18-7-5-16-6-8-18)12-9-11(20-2)3-4-13(12)17-10/h3-4,9,16-17H,5-8H2,1-2H3. The van der Waals surface area contributed by atoms with E-state index >= 15 is 0 Å².